The monoisotopic (exact) mass is 440 g/mol. The van der Waals surface area contributed by atoms with Crippen LogP contribution in [0.25, 0.3) is 0 Å². The zero-order chi connectivity index (χ0) is 23.7. The van der Waals surface area contributed by atoms with Gasteiger partial charge in [0.1, 0.15) is 0 Å². The molecular weight excluding hydrogens is 392 g/mol. The van der Waals surface area contributed by atoms with Crippen LogP contribution >= 0.6 is 0 Å². The van der Waals surface area contributed by atoms with Gasteiger partial charge in [-0.1, -0.05) is 52.0 Å². The number of carboxylic acids is 1. The van der Waals surface area contributed by atoms with Gasteiger partial charge in [-0.3, -0.25) is 4.79 Å². The molecule has 4 aliphatic carbocycles. The zero-order valence-corrected chi connectivity index (χ0v) is 21.7. The maximum atomic E-state index is 11.6. The number of hydrogen-bond donors (Lipinski definition) is 1. The summed E-state index contributed by atoms with van der Waals surface area (Å²) in [7, 11) is 0. The highest BCUT2D eigenvalue weighted by Gasteiger charge is 2.68. The summed E-state index contributed by atoms with van der Waals surface area (Å²) in [5.74, 6) is 2.62. The number of allylic oxidation sites excluding steroid dienone is 2. The second-order valence-electron chi connectivity index (χ2n) is 13.6. The van der Waals surface area contributed by atoms with Crippen molar-refractivity contribution in [1.29, 1.82) is 0 Å². The van der Waals surface area contributed by atoms with Crippen LogP contribution in [0.1, 0.15) is 106 Å². The van der Waals surface area contributed by atoms with Gasteiger partial charge >= 0.3 is 5.97 Å². The topological polar surface area (TPSA) is 37.3 Å². The van der Waals surface area contributed by atoms with Crippen LogP contribution in [0, 0.1) is 51.2 Å². The summed E-state index contributed by atoms with van der Waals surface area (Å²) >= 11 is 0. The molecule has 0 saturated heterocycles. The quantitative estimate of drug-likeness (QED) is 0.437. The molecule has 32 heavy (non-hydrogen) atoms. The zero-order valence-electron chi connectivity index (χ0n) is 21.7. The summed E-state index contributed by atoms with van der Waals surface area (Å²) in [6.45, 7) is 23.6. The first kappa shape index (κ1) is 24.1. The van der Waals surface area contributed by atoms with Crippen molar-refractivity contribution >= 4 is 5.97 Å². The standard InChI is InChI=1S/C30H48O2/c1-19(2)21-11-14-27(5)17-18-29(7)23(26(21)27)9-10-24-28(6,15-13-25(31)32)22(20(3)4)12-16-30(24,29)8/h21-24,26H,1,3,9-18H2,2,4-8H3,(H,31,32)/t21-,22-,23+,24+,26+,27+,28-,29+,30?/m0/s1. The molecule has 0 amide bonds. The van der Waals surface area contributed by atoms with Gasteiger partial charge in [0.25, 0.3) is 0 Å². The van der Waals surface area contributed by atoms with Gasteiger partial charge in [0.15, 0.2) is 0 Å². The Labute approximate surface area is 197 Å². The van der Waals surface area contributed by atoms with E-state index in [0.29, 0.717) is 28.6 Å². The first-order valence-corrected chi connectivity index (χ1v) is 13.3. The Balaban J connectivity index is 1.75. The van der Waals surface area contributed by atoms with E-state index in [-0.39, 0.29) is 17.3 Å². The first-order valence-electron chi connectivity index (χ1n) is 13.3. The minimum Gasteiger partial charge on any atom is -0.481 e. The molecule has 1 N–H and O–H groups in total. The minimum absolute atomic E-state index is 0.0371. The van der Waals surface area contributed by atoms with Crippen molar-refractivity contribution in [2.45, 2.75) is 106 Å². The van der Waals surface area contributed by atoms with E-state index < -0.39 is 5.97 Å². The molecule has 0 aromatic carbocycles. The Morgan fingerprint density at radius 1 is 0.875 bits per heavy atom. The van der Waals surface area contributed by atoms with E-state index in [9.17, 15) is 9.90 Å². The SMILES string of the molecule is C=C(C)[C@@H]1CC[C@]2(C)CC[C@]3(C)[C@H](CC[C@H]4C3(C)CC[C@@H](C(=C)C)[C@]4(C)CCC(=O)O)[C@@H]12. The van der Waals surface area contributed by atoms with Crippen molar-refractivity contribution in [3.05, 3.63) is 24.3 Å². The third kappa shape index (κ3) is 3.21. The van der Waals surface area contributed by atoms with Crippen LogP contribution in [-0.4, -0.2) is 11.1 Å². The van der Waals surface area contributed by atoms with Crippen molar-refractivity contribution in [2.75, 3.05) is 0 Å². The highest BCUT2D eigenvalue weighted by Crippen LogP contribution is 2.76. The predicted octanol–water partition coefficient (Wildman–Crippen LogP) is 8.28. The summed E-state index contributed by atoms with van der Waals surface area (Å²) in [6.07, 6.45) is 11.5. The molecule has 4 saturated carbocycles. The number of aliphatic carboxylic acids is 1. The van der Waals surface area contributed by atoms with E-state index in [2.05, 4.69) is 54.7 Å². The van der Waals surface area contributed by atoms with Crippen molar-refractivity contribution in [3.63, 3.8) is 0 Å². The molecule has 2 heteroatoms. The molecule has 0 spiro atoms. The molecule has 4 aliphatic rings. The maximum absolute atomic E-state index is 11.6. The van der Waals surface area contributed by atoms with Gasteiger partial charge in [-0.05, 0) is 123 Å². The van der Waals surface area contributed by atoms with E-state index in [0.717, 1.165) is 18.3 Å². The fourth-order valence-corrected chi connectivity index (χ4v) is 10.4. The van der Waals surface area contributed by atoms with E-state index in [4.69, 9.17) is 0 Å². The van der Waals surface area contributed by atoms with E-state index in [1.165, 1.54) is 62.5 Å². The van der Waals surface area contributed by atoms with Crippen LogP contribution < -0.4 is 0 Å². The van der Waals surface area contributed by atoms with E-state index >= 15 is 0 Å². The Hall–Kier alpha value is -1.05. The van der Waals surface area contributed by atoms with Crippen LogP contribution in [0.2, 0.25) is 0 Å². The average molecular weight is 441 g/mol. The predicted molar refractivity (Wildman–Crippen MR) is 133 cm³/mol. The second-order valence-corrected chi connectivity index (χ2v) is 13.6. The lowest BCUT2D eigenvalue weighted by molar-refractivity contribution is -0.214. The van der Waals surface area contributed by atoms with Gasteiger partial charge in [-0.2, -0.15) is 0 Å². The lowest BCUT2D eigenvalue weighted by atomic mass is 9.34. The Morgan fingerprint density at radius 2 is 1.56 bits per heavy atom. The van der Waals surface area contributed by atoms with Crippen molar-refractivity contribution in [2.24, 2.45) is 51.2 Å². The molecule has 0 aromatic heterocycles. The number of fused-ring (bicyclic) bond motifs is 5. The highest BCUT2D eigenvalue weighted by molar-refractivity contribution is 5.66. The number of hydrogen-bond acceptors (Lipinski definition) is 1. The Kier molecular flexibility index (Phi) is 5.83. The fourth-order valence-electron chi connectivity index (χ4n) is 10.4. The molecular formula is C30H48O2. The van der Waals surface area contributed by atoms with Gasteiger partial charge < -0.3 is 5.11 Å². The molecule has 9 atom stereocenters. The number of carboxylic acid groups (broad SMARTS) is 1. The van der Waals surface area contributed by atoms with Gasteiger partial charge in [-0.25, -0.2) is 0 Å². The van der Waals surface area contributed by atoms with Gasteiger partial charge in [0, 0.05) is 6.42 Å². The third-order valence-electron chi connectivity index (χ3n) is 12.2. The largest absolute Gasteiger partial charge is 0.481 e. The van der Waals surface area contributed by atoms with Gasteiger partial charge in [-0.15, -0.1) is 0 Å². The highest BCUT2D eigenvalue weighted by atomic mass is 16.4. The summed E-state index contributed by atoms with van der Waals surface area (Å²) in [4.78, 5) is 11.6. The summed E-state index contributed by atoms with van der Waals surface area (Å²) in [5, 5.41) is 9.56. The third-order valence-corrected chi connectivity index (χ3v) is 12.2. The smallest absolute Gasteiger partial charge is 0.303 e. The summed E-state index contributed by atoms with van der Waals surface area (Å²) < 4.78 is 0. The molecule has 0 radical (unpaired) electrons. The molecule has 1 unspecified atom stereocenters. The maximum Gasteiger partial charge on any atom is 0.303 e. The minimum atomic E-state index is -0.650. The molecule has 2 nitrogen and oxygen atoms in total. The summed E-state index contributed by atoms with van der Waals surface area (Å²) in [6, 6.07) is 0. The lowest BCUT2D eigenvalue weighted by Gasteiger charge is -2.71. The number of rotatable bonds is 5. The van der Waals surface area contributed by atoms with Crippen LogP contribution in [0.4, 0.5) is 0 Å². The fraction of sp³-hybridized carbons (Fsp3) is 0.833. The normalized spacial score (nSPS) is 50.1. The molecule has 0 aromatic rings. The van der Waals surface area contributed by atoms with Gasteiger partial charge in [0.2, 0.25) is 0 Å². The lowest BCUT2D eigenvalue weighted by Crippen LogP contribution is -2.63. The van der Waals surface area contributed by atoms with Crippen LogP contribution in [0.3, 0.4) is 0 Å². The molecule has 4 rings (SSSR count). The second kappa shape index (κ2) is 7.74. The molecule has 0 bridgehead atoms. The number of carbonyl (C=O) groups is 1. The molecule has 4 fully saturated rings. The Morgan fingerprint density at radius 3 is 2.16 bits per heavy atom. The van der Waals surface area contributed by atoms with Crippen molar-refractivity contribution < 1.29 is 9.90 Å². The Bertz CT molecular complexity index is 812. The summed E-state index contributed by atoms with van der Waals surface area (Å²) in [5.41, 5.74) is 3.81. The molecule has 180 valence electrons. The first-order chi connectivity index (χ1) is 14.8. The molecule has 0 heterocycles. The van der Waals surface area contributed by atoms with Crippen LogP contribution in [0.5, 0.6) is 0 Å². The van der Waals surface area contributed by atoms with Crippen molar-refractivity contribution in [1.82, 2.24) is 0 Å². The van der Waals surface area contributed by atoms with E-state index in [1.807, 2.05) is 0 Å². The van der Waals surface area contributed by atoms with Crippen LogP contribution in [0.15, 0.2) is 24.3 Å². The molecule has 0 aliphatic heterocycles. The van der Waals surface area contributed by atoms with Crippen molar-refractivity contribution in [3.8, 4) is 0 Å². The van der Waals surface area contributed by atoms with Crippen LogP contribution in [-0.2, 0) is 4.79 Å². The average Bonchev–Trinajstić information content (AvgIpc) is 3.05. The van der Waals surface area contributed by atoms with E-state index in [1.54, 1.807) is 0 Å². The van der Waals surface area contributed by atoms with Gasteiger partial charge in [0.05, 0.1) is 0 Å².